The zero-order valence-corrected chi connectivity index (χ0v) is 17.7. The molecular formula is C23H36O3. The zero-order chi connectivity index (χ0) is 20.2. The molecule has 0 aromatic heterocycles. The quantitative estimate of drug-likeness (QED) is 0.159. The molecule has 3 nitrogen and oxygen atoms in total. The van der Waals surface area contributed by atoms with Crippen molar-refractivity contribution >= 4 is 11.8 Å². The zero-order valence-electron chi connectivity index (χ0n) is 17.7. The van der Waals surface area contributed by atoms with Crippen molar-refractivity contribution < 1.29 is 14.3 Å². The van der Waals surface area contributed by atoms with Crippen molar-refractivity contribution in [1.82, 2.24) is 0 Å². The van der Waals surface area contributed by atoms with Crippen LogP contribution >= 0.6 is 0 Å². The number of ether oxygens (including phenoxy) is 1. The van der Waals surface area contributed by atoms with Crippen molar-refractivity contribution in [3.8, 4) is 11.8 Å². The molecule has 0 saturated carbocycles. The number of esters is 1. The Morgan fingerprint density at radius 2 is 1.96 bits per heavy atom. The van der Waals surface area contributed by atoms with Crippen LogP contribution in [-0.4, -0.2) is 18.9 Å². The maximum Gasteiger partial charge on any atom is 0.384 e. The lowest BCUT2D eigenvalue weighted by Crippen LogP contribution is -2.26. The molecule has 26 heavy (non-hydrogen) atoms. The van der Waals surface area contributed by atoms with Gasteiger partial charge in [-0.25, -0.2) is 4.79 Å². The number of carbonyl (C=O) groups is 2. The van der Waals surface area contributed by atoms with Crippen LogP contribution in [0.5, 0.6) is 0 Å². The number of methoxy groups -OCH3 is 1. The third kappa shape index (κ3) is 9.61. The highest BCUT2D eigenvalue weighted by molar-refractivity contribution is 5.92. The molecule has 1 aliphatic rings. The molecular weight excluding hydrogens is 324 g/mol. The molecule has 3 heteroatoms. The van der Waals surface area contributed by atoms with Gasteiger partial charge in [0.15, 0.2) is 5.78 Å². The normalized spacial score (nSPS) is 18.5. The summed E-state index contributed by atoms with van der Waals surface area (Å²) in [5, 5.41) is 0. The van der Waals surface area contributed by atoms with Crippen molar-refractivity contribution in [2.24, 2.45) is 11.3 Å². The number of rotatable bonds is 5. The number of allylic oxidation sites excluding steroid dienone is 4. The summed E-state index contributed by atoms with van der Waals surface area (Å²) in [5.74, 6) is 5.29. The highest BCUT2D eigenvalue weighted by Gasteiger charge is 2.31. The topological polar surface area (TPSA) is 43.4 Å². The molecule has 0 spiro atoms. The maximum absolute atomic E-state index is 11.2. The fraction of sp³-hybridized carbons (Fsp3) is 0.652. The van der Waals surface area contributed by atoms with Crippen molar-refractivity contribution in [3.05, 3.63) is 23.3 Å². The summed E-state index contributed by atoms with van der Waals surface area (Å²) in [6.07, 6.45) is 11.0. The Morgan fingerprint density at radius 3 is 2.46 bits per heavy atom. The number of ketones is 1. The highest BCUT2D eigenvalue weighted by Crippen LogP contribution is 2.42. The molecule has 1 aliphatic carbocycles. The minimum atomic E-state index is -0.443. The number of Topliss-reactive ketones (excluding diaryl/α,β-unsaturated/α-hetero) is 1. The molecule has 1 unspecified atom stereocenters. The van der Waals surface area contributed by atoms with Gasteiger partial charge in [-0.2, -0.15) is 0 Å². The van der Waals surface area contributed by atoms with Crippen molar-refractivity contribution in [2.45, 2.75) is 80.1 Å². The Labute approximate surface area is 160 Å². The van der Waals surface area contributed by atoms with Gasteiger partial charge in [-0.3, -0.25) is 4.79 Å². The predicted octanol–water partition coefficient (Wildman–Crippen LogP) is 5.65. The average molecular weight is 361 g/mol. The van der Waals surface area contributed by atoms with Crippen molar-refractivity contribution in [3.63, 3.8) is 0 Å². The van der Waals surface area contributed by atoms with Gasteiger partial charge in [0.25, 0.3) is 0 Å². The lowest BCUT2D eigenvalue weighted by atomic mass is 9.68. The second-order valence-corrected chi connectivity index (χ2v) is 7.61. The molecule has 0 saturated heterocycles. The van der Waals surface area contributed by atoms with E-state index in [0.717, 1.165) is 18.4 Å². The Bertz CT molecular complexity index is 582. The Morgan fingerprint density at radius 1 is 1.31 bits per heavy atom. The van der Waals surface area contributed by atoms with E-state index in [1.54, 1.807) is 6.92 Å². The second kappa shape index (κ2) is 12.5. The van der Waals surface area contributed by atoms with E-state index in [1.807, 2.05) is 6.92 Å². The van der Waals surface area contributed by atoms with Crippen molar-refractivity contribution in [2.75, 3.05) is 7.11 Å². The highest BCUT2D eigenvalue weighted by atomic mass is 16.5. The minimum Gasteiger partial charge on any atom is -0.459 e. The van der Waals surface area contributed by atoms with Crippen LogP contribution in [0.25, 0.3) is 0 Å². The molecule has 0 amide bonds. The summed E-state index contributed by atoms with van der Waals surface area (Å²) < 4.78 is 4.34. The first-order valence-electron chi connectivity index (χ1n) is 9.58. The third-order valence-electron chi connectivity index (χ3n) is 4.84. The first-order valence-corrected chi connectivity index (χ1v) is 9.58. The molecule has 0 radical (unpaired) electrons. The van der Waals surface area contributed by atoms with E-state index in [-0.39, 0.29) is 11.2 Å². The Kier molecular flexibility index (Phi) is 11.6. The van der Waals surface area contributed by atoms with Crippen molar-refractivity contribution in [1.29, 1.82) is 0 Å². The molecule has 0 aromatic rings. The summed E-state index contributed by atoms with van der Waals surface area (Å²) in [6, 6.07) is 0. The molecule has 1 atom stereocenters. The minimum absolute atomic E-state index is 0.184. The van der Waals surface area contributed by atoms with Gasteiger partial charge in [-0.1, -0.05) is 57.3 Å². The summed E-state index contributed by atoms with van der Waals surface area (Å²) in [5.41, 5.74) is 2.59. The van der Waals surface area contributed by atoms with Crippen LogP contribution in [0.4, 0.5) is 0 Å². The van der Waals surface area contributed by atoms with Gasteiger partial charge in [-0.15, -0.1) is 0 Å². The van der Waals surface area contributed by atoms with Gasteiger partial charge in [0.1, 0.15) is 0 Å². The molecule has 0 N–H and O–H groups in total. The lowest BCUT2D eigenvalue weighted by Gasteiger charge is -2.37. The van der Waals surface area contributed by atoms with Crippen LogP contribution in [0, 0.1) is 23.2 Å². The first kappa shape index (κ1) is 24.2. The molecule has 0 heterocycles. The number of carbonyl (C=O) groups excluding carboxylic acids is 2. The third-order valence-corrected chi connectivity index (χ3v) is 4.84. The van der Waals surface area contributed by atoms with E-state index in [4.69, 9.17) is 0 Å². The largest absolute Gasteiger partial charge is 0.459 e. The Hall–Kier alpha value is -1.82. The predicted molar refractivity (Wildman–Crippen MR) is 109 cm³/mol. The van der Waals surface area contributed by atoms with Crippen LogP contribution < -0.4 is 0 Å². The lowest BCUT2D eigenvalue weighted by molar-refractivity contribution is -0.133. The Balaban J connectivity index is 0.000000508. The first-order chi connectivity index (χ1) is 12.2. The number of hydrogen-bond acceptors (Lipinski definition) is 3. The second-order valence-electron chi connectivity index (χ2n) is 7.61. The van der Waals surface area contributed by atoms with Crippen LogP contribution in [0.15, 0.2) is 23.3 Å². The molecule has 146 valence electrons. The van der Waals surface area contributed by atoms with E-state index < -0.39 is 5.97 Å². The average Bonchev–Trinajstić information content (AvgIpc) is 2.58. The monoisotopic (exact) mass is 360 g/mol. The smallest absolute Gasteiger partial charge is 0.384 e. The van der Waals surface area contributed by atoms with Gasteiger partial charge in [0, 0.05) is 18.3 Å². The summed E-state index contributed by atoms with van der Waals surface area (Å²) >= 11 is 0. The molecule has 0 fully saturated rings. The molecule has 0 aliphatic heterocycles. The van der Waals surface area contributed by atoms with Gasteiger partial charge >= 0.3 is 5.97 Å². The summed E-state index contributed by atoms with van der Waals surface area (Å²) in [4.78, 5) is 21.7. The van der Waals surface area contributed by atoms with Gasteiger partial charge in [-0.05, 0) is 51.0 Å². The number of hydrogen-bond donors (Lipinski definition) is 0. The standard InChI is InChI=1S/C14H22O.C9H14O2/c1-10-7-6-8-14(4,5)13(10)9-11(2)12(3)15;1-3-4-5-6-7-8-9(10)11-2/h7,9,13H,6,8H2,1-5H3;3-6H2,1-2H3/b11-9-;. The van der Waals surface area contributed by atoms with Crippen LogP contribution in [0.2, 0.25) is 0 Å². The summed E-state index contributed by atoms with van der Waals surface area (Å²) in [6.45, 7) is 12.4. The maximum atomic E-state index is 11.2. The van der Waals surface area contributed by atoms with Crippen LogP contribution in [0.3, 0.4) is 0 Å². The van der Waals surface area contributed by atoms with E-state index in [2.05, 4.69) is 56.4 Å². The molecule has 0 bridgehead atoms. The molecule has 1 rings (SSSR count). The van der Waals surface area contributed by atoms with Gasteiger partial charge < -0.3 is 4.74 Å². The van der Waals surface area contributed by atoms with E-state index in [1.165, 1.54) is 38.4 Å². The fourth-order valence-corrected chi connectivity index (χ4v) is 2.94. The van der Waals surface area contributed by atoms with Gasteiger partial charge in [0.2, 0.25) is 0 Å². The number of unbranched alkanes of at least 4 members (excludes halogenated alkanes) is 3. The van der Waals surface area contributed by atoms with E-state index in [9.17, 15) is 9.59 Å². The van der Waals surface area contributed by atoms with E-state index in [0.29, 0.717) is 5.92 Å². The van der Waals surface area contributed by atoms with Gasteiger partial charge in [0.05, 0.1) is 7.11 Å². The van der Waals surface area contributed by atoms with E-state index >= 15 is 0 Å². The van der Waals surface area contributed by atoms with Crippen LogP contribution in [0.1, 0.15) is 80.1 Å². The fourth-order valence-electron chi connectivity index (χ4n) is 2.94. The molecule has 0 aromatic carbocycles. The summed E-state index contributed by atoms with van der Waals surface area (Å²) in [7, 11) is 1.34. The van der Waals surface area contributed by atoms with Crippen LogP contribution in [-0.2, 0) is 14.3 Å². The SMILES string of the molecule is CC(=O)/C(C)=C\C1C(C)=CCCC1(C)C.CCCCCC#CC(=O)OC.